The van der Waals surface area contributed by atoms with Crippen LogP contribution >= 0.6 is 0 Å². The third-order valence-electron chi connectivity index (χ3n) is 2.44. The summed E-state index contributed by atoms with van der Waals surface area (Å²) in [4.78, 5) is 3.63. The van der Waals surface area contributed by atoms with Crippen LogP contribution in [-0.2, 0) is 0 Å². The molecule has 0 aliphatic carbocycles. The van der Waals surface area contributed by atoms with Crippen LogP contribution in [0, 0.1) is 5.95 Å². The Labute approximate surface area is 96.8 Å². The Hall–Kier alpha value is -1.12. The summed E-state index contributed by atoms with van der Waals surface area (Å²) in [5, 5.41) is 0. The molecule has 1 rings (SSSR count). The second-order valence-corrected chi connectivity index (χ2v) is 3.91. The van der Waals surface area contributed by atoms with Crippen molar-refractivity contribution in [2.24, 2.45) is 0 Å². The molecule has 1 aromatic heterocycles. The van der Waals surface area contributed by atoms with Gasteiger partial charge in [-0.1, -0.05) is 45.1 Å². The molecule has 1 heterocycles. The van der Waals surface area contributed by atoms with Gasteiger partial charge in [0.1, 0.15) is 0 Å². The number of hydrogen-bond acceptors (Lipinski definition) is 2. The summed E-state index contributed by atoms with van der Waals surface area (Å²) >= 11 is 0. The topological polar surface area (TPSA) is 22.1 Å². The molecule has 16 heavy (non-hydrogen) atoms. The van der Waals surface area contributed by atoms with Gasteiger partial charge in [-0.2, -0.15) is 9.37 Å². The molecule has 3 heteroatoms. The summed E-state index contributed by atoms with van der Waals surface area (Å²) in [6, 6.07) is 4.61. The Kier molecular flexibility index (Phi) is 6.54. The lowest BCUT2D eigenvalue weighted by molar-refractivity contribution is 0.289. The second kappa shape index (κ2) is 8.08. The number of nitrogens with zero attached hydrogens (tertiary/aromatic N) is 1. The van der Waals surface area contributed by atoms with Crippen molar-refractivity contribution in [3.05, 3.63) is 24.1 Å². The minimum atomic E-state index is -0.486. The smallest absolute Gasteiger partial charge is 0.216 e. The lowest BCUT2D eigenvalue weighted by atomic mass is 10.1. The van der Waals surface area contributed by atoms with Crippen molar-refractivity contribution >= 4 is 0 Å². The average Bonchev–Trinajstić information content (AvgIpc) is 2.28. The van der Waals surface area contributed by atoms with E-state index in [0.29, 0.717) is 12.5 Å². The second-order valence-electron chi connectivity index (χ2n) is 3.91. The Morgan fingerprint density at radius 3 is 2.62 bits per heavy atom. The molecule has 0 unspecified atom stereocenters. The molecular formula is C13H20FNO. The highest BCUT2D eigenvalue weighted by atomic mass is 19.1. The summed E-state index contributed by atoms with van der Waals surface area (Å²) < 4.78 is 18.0. The van der Waals surface area contributed by atoms with Crippen molar-refractivity contribution < 1.29 is 9.13 Å². The zero-order chi connectivity index (χ0) is 11.6. The maximum absolute atomic E-state index is 12.7. The van der Waals surface area contributed by atoms with Crippen LogP contribution in [0.4, 0.5) is 4.39 Å². The first kappa shape index (κ1) is 12.9. The van der Waals surface area contributed by atoms with Gasteiger partial charge >= 0.3 is 0 Å². The molecule has 1 aromatic rings. The van der Waals surface area contributed by atoms with Gasteiger partial charge in [-0.15, -0.1) is 0 Å². The van der Waals surface area contributed by atoms with Gasteiger partial charge in [0, 0.05) is 6.07 Å². The zero-order valence-electron chi connectivity index (χ0n) is 9.92. The first-order chi connectivity index (χ1) is 7.83. The van der Waals surface area contributed by atoms with Crippen molar-refractivity contribution in [2.75, 3.05) is 6.61 Å². The molecular weight excluding hydrogens is 205 g/mol. The SMILES string of the molecule is CCCCCCCCOc1cccc(F)n1. The third-order valence-corrected chi connectivity index (χ3v) is 2.44. The van der Waals surface area contributed by atoms with Crippen LogP contribution in [0.2, 0.25) is 0 Å². The summed E-state index contributed by atoms with van der Waals surface area (Å²) in [5.74, 6) is -0.103. The van der Waals surface area contributed by atoms with E-state index in [1.165, 1.54) is 38.2 Å². The Bertz CT molecular complexity index is 291. The van der Waals surface area contributed by atoms with E-state index >= 15 is 0 Å². The van der Waals surface area contributed by atoms with E-state index < -0.39 is 5.95 Å². The quantitative estimate of drug-likeness (QED) is 0.493. The van der Waals surface area contributed by atoms with Crippen molar-refractivity contribution in [1.29, 1.82) is 0 Å². The van der Waals surface area contributed by atoms with Crippen LogP contribution in [0.3, 0.4) is 0 Å². The normalized spacial score (nSPS) is 10.4. The summed E-state index contributed by atoms with van der Waals surface area (Å²) in [6.45, 7) is 2.83. The van der Waals surface area contributed by atoms with Gasteiger partial charge in [-0.25, -0.2) is 0 Å². The Balaban J connectivity index is 2.03. The van der Waals surface area contributed by atoms with Crippen molar-refractivity contribution in [3.63, 3.8) is 0 Å². The molecule has 0 amide bonds. The number of rotatable bonds is 8. The maximum atomic E-state index is 12.7. The molecule has 0 aliphatic heterocycles. The van der Waals surface area contributed by atoms with Crippen molar-refractivity contribution in [2.45, 2.75) is 45.4 Å². The molecule has 0 atom stereocenters. The van der Waals surface area contributed by atoms with Gasteiger partial charge in [0.25, 0.3) is 0 Å². The fourth-order valence-electron chi connectivity index (χ4n) is 1.53. The van der Waals surface area contributed by atoms with E-state index in [1.807, 2.05) is 0 Å². The zero-order valence-corrected chi connectivity index (χ0v) is 9.92. The van der Waals surface area contributed by atoms with Crippen LogP contribution < -0.4 is 4.74 Å². The molecule has 0 spiro atoms. The third kappa shape index (κ3) is 5.69. The van der Waals surface area contributed by atoms with Crippen LogP contribution in [0.25, 0.3) is 0 Å². The molecule has 0 saturated heterocycles. The predicted octanol–water partition coefficient (Wildman–Crippen LogP) is 3.96. The number of pyridine rings is 1. The van der Waals surface area contributed by atoms with Crippen LogP contribution in [-0.4, -0.2) is 11.6 Å². The largest absolute Gasteiger partial charge is 0.478 e. The number of ether oxygens (including phenoxy) is 1. The van der Waals surface area contributed by atoms with Crippen LogP contribution in [0.5, 0.6) is 5.88 Å². The highest BCUT2D eigenvalue weighted by Gasteiger charge is 1.97. The number of halogens is 1. The highest BCUT2D eigenvalue weighted by molar-refractivity contribution is 5.10. The van der Waals surface area contributed by atoms with Gasteiger partial charge in [0.05, 0.1) is 6.61 Å². The molecule has 0 saturated carbocycles. The average molecular weight is 225 g/mol. The highest BCUT2D eigenvalue weighted by Crippen LogP contribution is 2.09. The van der Waals surface area contributed by atoms with Crippen LogP contribution in [0.15, 0.2) is 18.2 Å². The fraction of sp³-hybridized carbons (Fsp3) is 0.615. The molecule has 0 radical (unpaired) electrons. The number of hydrogen-bond donors (Lipinski definition) is 0. The maximum Gasteiger partial charge on any atom is 0.216 e. The molecule has 90 valence electrons. The van der Waals surface area contributed by atoms with Crippen LogP contribution in [0.1, 0.15) is 45.4 Å². The monoisotopic (exact) mass is 225 g/mol. The van der Waals surface area contributed by atoms with E-state index in [9.17, 15) is 4.39 Å². The first-order valence-electron chi connectivity index (χ1n) is 6.08. The molecule has 0 N–H and O–H groups in total. The summed E-state index contributed by atoms with van der Waals surface area (Å²) in [6.07, 6.45) is 7.33. The lowest BCUT2D eigenvalue weighted by Gasteiger charge is -2.04. The summed E-state index contributed by atoms with van der Waals surface area (Å²) in [5.41, 5.74) is 0. The van der Waals surface area contributed by atoms with Gasteiger partial charge in [-0.05, 0) is 12.5 Å². The number of aromatic nitrogens is 1. The Morgan fingerprint density at radius 1 is 1.12 bits per heavy atom. The lowest BCUT2D eigenvalue weighted by Crippen LogP contribution is -1.99. The fourth-order valence-corrected chi connectivity index (χ4v) is 1.53. The molecule has 0 fully saturated rings. The number of unbranched alkanes of at least 4 members (excludes halogenated alkanes) is 5. The first-order valence-corrected chi connectivity index (χ1v) is 6.08. The van der Waals surface area contributed by atoms with E-state index in [4.69, 9.17) is 4.74 Å². The van der Waals surface area contributed by atoms with E-state index in [0.717, 1.165) is 6.42 Å². The van der Waals surface area contributed by atoms with Gasteiger partial charge in [-0.3, -0.25) is 0 Å². The van der Waals surface area contributed by atoms with E-state index in [2.05, 4.69) is 11.9 Å². The minimum Gasteiger partial charge on any atom is -0.478 e. The van der Waals surface area contributed by atoms with Gasteiger partial charge in [0.15, 0.2) is 0 Å². The molecule has 0 bridgehead atoms. The van der Waals surface area contributed by atoms with Crippen molar-refractivity contribution in [3.8, 4) is 5.88 Å². The predicted molar refractivity (Wildman–Crippen MR) is 63.1 cm³/mol. The van der Waals surface area contributed by atoms with Gasteiger partial charge < -0.3 is 4.74 Å². The summed E-state index contributed by atoms with van der Waals surface area (Å²) in [7, 11) is 0. The van der Waals surface area contributed by atoms with Crippen molar-refractivity contribution in [1.82, 2.24) is 4.98 Å². The minimum absolute atomic E-state index is 0.383. The molecule has 2 nitrogen and oxygen atoms in total. The van der Waals surface area contributed by atoms with E-state index in [-0.39, 0.29) is 0 Å². The Morgan fingerprint density at radius 2 is 1.88 bits per heavy atom. The van der Waals surface area contributed by atoms with E-state index in [1.54, 1.807) is 12.1 Å². The standard InChI is InChI=1S/C13H20FNO/c1-2-3-4-5-6-7-11-16-13-10-8-9-12(14)15-13/h8-10H,2-7,11H2,1H3. The molecule has 0 aromatic carbocycles. The van der Waals surface area contributed by atoms with Gasteiger partial charge in [0.2, 0.25) is 11.8 Å². The molecule has 0 aliphatic rings.